The van der Waals surface area contributed by atoms with Crippen LogP contribution in [0.2, 0.25) is 0 Å². The van der Waals surface area contributed by atoms with E-state index in [1.54, 1.807) is 0 Å². The fraction of sp³-hybridized carbons (Fsp3) is 0.700. The summed E-state index contributed by atoms with van der Waals surface area (Å²) in [7, 11) is 0. The number of nitrogens with zero attached hydrogens (tertiary/aromatic N) is 1. The molecule has 1 N–H and O–H groups in total. The highest BCUT2D eigenvalue weighted by atomic mass is 19.4. The molecule has 16 heavy (non-hydrogen) atoms. The summed E-state index contributed by atoms with van der Waals surface area (Å²) < 4.78 is 41.0. The van der Waals surface area contributed by atoms with E-state index in [0.717, 1.165) is 13.0 Å². The van der Waals surface area contributed by atoms with E-state index in [4.69, 9.17) is 4.42 Å². The zero-order chi connectivity index (χ0) is 12.0. The smallest absolute Gasteiger partial charge is 0.389 e. The predicted octanol–water partition coefficient (Wildman–Crippen LogP) is 2.67. The minimum Gasteiger partial charge on any atom is -0.448 e. The van der Waals surface area contributed by atoms with Gasteiger partial charge in [-0.3, -0.25) is 0 Å². The first kappa shape index (κ1) is 13.0. The molecule has 0 amide bonds. The summed E-state index contributed by atoms with van der Waals surface area (Å²) >= 11 is 0. The van der Waals surface area contributed by atoms with Crippen LogP contribution in [0.15, 0.2) is 10.8 Å². The molecule has 0 aliphatic heterocycles. The molecule has 0 atom stereocenters. The predicted molar refractivity (Wildman–Crippen MR) is 52.9 cm³/mol. The van der Waals surface area contributed by atoms with Gasteiger partial charge in [0, 0.05) is 13.0 Å². The van der Waals surface area contributed by atoms with Crippen LogP contribution < -0.4 is 5.32 Å². The molecule has 0 saturated carbocycles. The summed E-state index contributed by atoms with van der Waals surface area (Å²) in [6.45, 7) is 3.28. The number of rotatable bonds is 6. The number of hydrogen-bond acceptors (Lipinski definition) is 3. The third-order valence-corrected chi connectivity index (χ3v) is 2.08. The third kappa shape index (κ3) is 4.65. The van der Waals surface area contributed by atoms with Crippen molar-refractivity contribution in [2.24, 2.45) is 0 Å². The fourth-order valence-electron chi connectivity index (χ4n) is 1.28. The first-order chi connectivity index (χ1) is 7.53. The number of oxazole rings is 1. The van der Waals surface area contributed by atoms with Crippen molar-refractivity contribution in [1.29, 1.82) is 0 Å². The Hall–Kier alpha value is -1.04. The van der Waals surface area contributed by atoms with Crippen LogP contribution >= 0.6 is 0 Å². The van der Waals surface area contributed by atoms with E-state index in [2.05, 4.69) is 10.3 Å². The number of halogens is 3. The van der Waals surface area contributed by atoms with Crippen molar-refractivity contribution in [3.63, 3.8) is 0 Å². The van der Waals surface area contributed by atoms with Crippen LogP contribution in [0.1, 0.15) is 31.2 Å². The third-order valence-electron chi connectivity index (χ3n) is 2.08. The molecule has 1 rings (SSSR count). The van der Waals surface area contributed by atoms with Crippen LogP contribution in [0.3, 0.4) is 0 Å². The second-order valence-electron chi connectivity index (χ2n) is 3.51. The van der Waals surface area contributed by atoms with E-state index < -0.39 is 12.6 Å². The lowest BCUT2D eigenvalue weighted by Crippen LogP contribution is -2.16. The Balaban J connectivity index is 2.44. The molecule has 1 aromatic heterocycles. The number of alkyl halides is 3. The molecule has 3 nitrogen and oxygen atoms in total. The molecule has 0 fully saturated rings. The maximum Gasteiger partial charge on any atom is 0.389 e. The van der Waals surface area contributed by atoms with Crippen molar-refractivity contribution in [3.05, 3.63) is 17.8 Å². The molecule has 0 spiro atoms. The van der Waals surface area contributed by atoms with Gasteiger partial charge < -0.3 is 9.73 Å². The first-order valence-corrected chi connectivity index (χ1v) is 5.21. The monoisotopic (exact) mass is 236 g/mol. The highest BCUT2D eigenvalue weighted by Crippen LogP contribution is 2.23. The second kappa shape index (κ2) is 5.89. The lowest BCUT2D eigenvalue weighted by Gasteiger charge is -2.05. The van der Waals surface area contributed by atoms with E-state index in [9.17, 15) is 13.2 Å². The largest absolute Gasteiger partial charge is 0.448 e. The Morgan fingerprint density at radius 2 is 2.19 bits per heavy atom. The number of aromatic nitrogens is 1. The van der Waals surface area contributed by atoms with Gasteiger partial charge in [-0.25, -0.2) is 4.98 Å². The Morgan fingerprint density at radius 1 is 1.44 bits per heavy atom. The Kier molecular flexibility index (Phi) is 4.79. The van der Waals surface area contributed by atoms with Crippen LogP contribution in [0.25, 0.3) is 0 Å². The number of nitrogens with one attached hydrogen (secondary N) is 1. The van der Waals surface area contributed by atoms with Crippen LogP contribution in [0.5, 0.6) is 0 Å². The molecule has 0 unspecified atom stereocenters. The first-order valence-electron chi connectivity index (χ1n) is 5.21. The molecule has 1 aromatic rings. The highest BCUT2D eigenvalue weighted by Gasteiger charge is 2.27. The molecule has 0 aromatic carbocycles. The molecule has 1 heterocycles. The zero-order valence-corrected chi connectivity index (χ0v) is 9.10. The van der Waals surface area contributed by atoms with Gasteiger partial charge in [-0.15, -0.1) is 0 Å². The summed E-state index contributed by atoms with van der Waals surface area (Å²) in [4.78, 5) is 3.89. The van der Waals surface area contributed by atoms with Crippen molar-refractivity contribution in [2.45, 2.75) is 38.9 Å². The maximum atomic E-state index is 12.0. The van der Waals surface area contributed by atoms with Gasteiger partial charge >= 0.3 is 6.18 Å². The molecule has 92 valence electrons. The van der Waals surface area contributed by atoms with E-state index in [0.29, 0.717) is 18.0 Å². The maximum absolute atomic E-state index is 12.0. The molecule has 0 aliphatic carbocycles. The van der Waals surface area contributed by atoms with Gasteiger partial charge in [0.1, 0.15) is 5.76 Å². The van der Waals surface area contributed by atoms with Crippen LogP contribution in [-0.4, -0.2) is 17.7 Å². The molecule has 0 bridgehead atoms. The highest BCUT2D eigenvalue weighted by molar-refractivity contribution is 5.07. The average Bonchev–Trinajstić information content (AvgIpc) is 2.62. The van der Waals surface area contributed by atoms with Crippen molar-refractivity contribution in [1.82, 2.24) is 10.3 Å². The van der Waals surface area contributed by atoms with Gasteiger partial charge in [-0.05, 0) is 13.0 Å². The quantitative estimate of drug-likeness (QED) is 0.772. The minimum absolute atomic E-state index is 0.146. The van der Waals surface area contributed by atoms with E-state index >= 15 is 0 Å². The molecule has 0 radical (unpaired) electrons. The summed E-state index contributed by atoms with van der Waals surface area (Å²) in [5, 5.41) is 3.07. The Bertz CT molecular complexity index is 309. The molecule has 0 aliphatic rings. The Morgan fingerprint density at radius 3 is 2.81 bits per heavy atom. The van der Waals surface area contributed by atoms with E-state index in [1.807, 2.05) is 6.92 Å². The standard InChI is InChI=1S/C10H15F3N2O/c1-2-5-14-6-8-9(16-7-15-8)3-4-10(11,12)13/h7,14H,2-6H2,1H3. The lowest BCUT2D eigenvalue weighted by atomic mass is 10.2. The molecule has 6 heteroatoms. The average molecular weight is 236 g/mol. The summed E-state index contributed by atoms with van der Waals surface area (Å²) in [5.74, 6) is 0.320. The normalized spacial score (nSPS) is 12.0. The summed E-state index contributed by atoms with van der Waals surface area (Å²) in [6.07, 6.45) is -3.01. The van der Waals surface area contributed by atoms with Gasteiger partial charge in [-0.1, -0.05) is 6.92 Å². The van der Waals surface area contributed by atoms with Crippen molar-refractivity contribution in [3.8, 4) is 0 Å². The fourth-order valence-corrected chi connectivity index (χ4v) is 1.28. The second-order valence-corrected chi connectivity index (χ2v) is 3.51. The van der Waals surface area contributed by atoms with Crippen LogP contribution in [-0.2, 0) is 13.0 Å². The Labute approximate surface area is 92.0 Å². The molecular weight excluding hydrogens is 221 g/mol. The van der Waals surface area contributed by atoms with E-state index in [-0.39, 0.29) is 6.42 Å². The van der Waals surface area contributed by atoms with Gasteiger partial charge in [-0.2, -0.15) is 13.2 Å². The van der Waals surface area contributed by atoms with Crippen molar-refractivity contribution in [2.75, 3.05) is 6.54 Å². The summed E-state index contributed by atoms with van der Waals surface area (Å²) in [5.41, 5.74) is 0.567. The van der Waals surface area contributed by atoms with Crippen LogP contribution in [0, 0.1) is 0 Å². The van der Waals surface area contributed by atoms with Gasteiger partial charge in [0.2, 0.25) is 0 Å². The molecular formula is C10H15F3N2O. The van der Waals surface area contributed by atoms with E-state index in [1.165, 1.54) is 6.39 Å². The minimum atomic E-state index is -4.15. The van der Waals surface area contributed by atoms with Gasteiger partial charge in [0.15, 0.2) is 6.39 Å². The van der Waals surface area contributed by atoms with Crippen molar-refractivity contribution >= 4 is 0 Å². The zero-order valence-electron chi connectivity index (χ0n) is 9.10. The topological polar surface area (TPSA) is 38.1 Å². The van der Waals surface area contributed by atoms with Crippen LogP contribution in [0.4, 0.5) is 13.2 Å². The van der Waals surface area contributed by atoms with Crippen molar-refractivity contribution < 1.29 is 17.6 Å². The number of hydrogen-bond donors (Lipinski definition) is 1. The SMILES string of the molecule is CCCNCc1ncoc1CCC(F)(F)F. The van der Waals surface area contributed by atoms with Gasteiger partial charge in [0.05, 0.1) is 12.1 Å². The molecule has 0 saturated heterocycles. The summed E-state index contributed by atoms with van der Waals surface area (Å²) in [6, 6.07) is 0. The van der Waals surface area contributed by atoms with Gasteiger partial charge in [0.25, 0.3) is 0 Å². The lowest BCUT2D eigenvalue weighted by molar-refractivity contribution is -0.134. The number of aryl methyl sites for hydroxylation is 1.